The molecule has 0 radical (unpaired) electrons. The van der Waals surface area contributed by atoms with E-state index in [2.05, 4.69) is 57.2 Å². The number of nitrogens with two attached hydrogens (primary N) is 2. The number of amides is 7. The van der Waals surface area contributed by atoms with Gasteiger partial charge in [-0.05, 0) is 38.5 Å². The summed E-state index contributed by atoms with van der Waals surface area (Å²) in [6.07, 6.45) is -6.00. The van der Waals surface area contributed by atoms with E-state index in [1.54, 1.807) is 0 Å². The highest BCUT2D eigenvalue weighted by atomic mass is 32.1. The van der Waals surface area contributed by atoms with Crippen LogP contribution in [0.1, 0.15) is 32.8 Å². The summed E-state index contributed by atoms with van der Waals surface area (Å²) in [6, 6.07) is -6.10. The van der Waals surface area contributed by atoms with Gasteiger partial charge in [-0.1, -0.05) is 12.1 Å². The van der Waals surface area contributed by atoms with Crippen molar-refractivity contribution in [3.8, 4) is 5.75 Å². The van der Waals surface area contributed by atoms with E-state index < -0.39 is 114 Å². The van der Waals surface area contributed by atoms with Crippen molar-refractivity contribution in [2.45, 2.75) is 94.2 Å². The number of phenolic OH excluding ortho intramolecular Hbond substituents is 1. The van der Waals surface area contributed by atoms with Gasteiger partial charge in [0, 0.05) is 17.9 Å². The van der Waals surface area contributed by atoms with Crippen LogP contribution >= 0.6 is 25.3 Å². The van der Waals surface area contributed by atoms with Crippen LogP contribution in [0.3, 0.4) is 0 Å². The van der Waals surface area contributed by atoms with Gasteiger partial charge in [0.25, 0.3) is 0 Å². The van der Waals surface area contributed by atoms with Crippen LogP contribution in [-0.4, -0.2) is 145 Å². The lowest BCUT2D eigenvalue weighted by Gasteiger charge is -2.29. The molecule has 0 aliphatic rings. The van der Waals surface area contributed by atoms with E-state index in [4.69, 9.17) is 11.5 Å². The normalized spacial score (nSPS) is 16.6. The van der Waals surface area contributed by atoms with Crippen LogP contribution in [0.5, 0.6) is 5.75 Å². The first-order valence-electron chi connectivity index (χ1n) is 16.3. The maximum absolute atomic E-state index is 13.6. The summed E-state index contributed by atoms with van der Waals surface area (Å²) in [4.78, 5) is 102. The number of aliphatic carboxylic acids is 1. The van der Waals surface area contributed by atoms with Gasteiger partial charge in [-0.3, -0.25) is 33.6 Å². The Hall–Kier alpha value is -4.68. The molecule has 0 bridgehead atoms. The summed E-state index contributed by atoms with van der Waals surface area (Å²) in [5.74, 6) is -9.82. The lowest BCUT2D eigenvalue weighted by atomic mass is 10.0. The third-order valence-corrected chi connectivity index (χ3v) is 8.32. The average molecular weight is 805 g/mol. The molecule has 21 nitrogen and oxygen atoms in total. The van der Waals surface area contributed by atoms with E-state index in [9.17, 15) is 63.9 Å². The number of phenols is 1. The van der Waals surface area contributed by atoms with E-state index in [1.807, 2.05) is 0 Å². The number of aliphatic hydroxyl groups is 3. The zero-order chi connectivity index (χ0) is 41.4. The van der Waals surface area contributed by atoms with Crippen molar-refractivity contribution in [3.63, 3.8) is 0 Å². The fourth-order valence-corrected chi connectivity index (χ4v) is 4.94. The lowest BCUT2D eigenvalue weighted by molar-refractivity contribution is -0.142. The number of hydrogen-bond acceptors (Lipinski definition) is 15. The summed E-state index contributed by atoms with van der Waals surface area (Å²) in [7, 11) is 0. The SMILES string of the molecule is C[C@@H](O)[C@H](NC(=O)[C@H](Cc1ccc(O)cc1)NC(=O)[C@H](CC(N)=O)NC(=O)[C@@H](NC(=O)[C@@H](NC(=O)[C@@H](N)CS)[C@@H](C)O)[C@@H](C)O)C(=O)N[C@@H](CS)C(=O)O. The Bertz CT molecular complexity index is 1500. The van der Waals surface area contributed by atoms with Crippen LogP contribution in [0.4, 0.5) is 0 Å². The van der Waals surface area contributed by atoms with E-state index >= 15 is 0 Å². The molecule has 0 heterocycles. The van der Waals surface area contributed by atoms with Crippen molar-refractivity contribution in [2.24, 2.45) is 11.5 Å². The largest absolute Gasteiger partial charge is 0.508 e. The van der Waals surface area contributed by atoms with Gasteiger partial charge in [0.05, 0.1) is 30.8 Å². The highest BCUT2D eigenvalue weighted by molar-refractivity contribution is 7.80. The summed E-state index contributed by atoms with van der Waals surface area (Å²) in [5, 5.41) is 62.9. The van der Waals surface area contributed by atoms with Gasteiger partial charge >= 0.3 is 5.97 Å². The lowest BCUT2D eigenvalue weighted by Crippen LogP contribution is -2.63. The number of carboxylic acid groups (broad SMARTS) is 1. The van der Waals surface area contributed by atoms with Crippen molar-refractivity contribution in [1.82, 2.24) is 31.9 Å². The highest BCUT2D eigenvalue weighted by Gasteiger charge is 2.37. The highest BCUT2D eigenvalue weighted by Crippen LogP contribution is 2.12. The number of nitrogens with one attached hydrogen (secondary N) is 6. The Morgan fingerprint density at radius 3 is 1.41 bits per heavy atom. The predicted molar refractivity (Wildman–Crippen MR) is 196 cm³/mol. The number of aromatic hydroxyl groups is 1. The molecule has 15 N–H and O–H groups in total. The Balaban J connectivity index is 3.40. The molecule has 1 rings (SSSR count). The summed E-state index contributed by atoms with van der Waals surface area (Å²) >= 11 is 7.75. The fraction of sp³-hybridized carbons (Fsp3) is 0.548. The van der Waals surface area contributed by atoms with Gasteiger partial charge in [0.2, 0.25) is 41.4 Å². The molecule has 0 aliphatic carbocycles. The first-order chi connectivity index (χ1) is 25.1. The quantitative estimate of drug-likeness (QED) is 0.0486. The third kappa shape index (κ3) is 15.4. The van der Waals surface area contributed by atoms with E-state index in [0.29, 0.717) is 5.56 Å². The zero-order valence-corrected chi connectivity index (χ0v) is 31.3. The molecule has 0 unspecified atom stereocenters. The van der Waals surface area contributed by atoms with Crippen molar-refractivity contribution < 1.29 is 63.9 Å². The first kappa shape index (κ1) is 47.3. The molecule has 1 aromatic carbocycles. The number of benzene rings is 1. The molecule has 10 atom stereocenters. The Morgan fingerprint density at radius 1 is 0.611 bits per heavy atom. The number of carboxylic acids is 1. The van der Waals surface area contributed by atoms with Crippen molar-refractivity contribution >= 4 is 72.6 Å². The minimum absolute atomic E-state index is 0.112. The molecule has 0 fully saturated rings. The molecule has 0 spiro atoms. The molecule has 0 saturated carbocycles. The molecule has 1 aromatic rings. The third-order valence-electron chi connectivity index (χ3n) is 7.57. The molecular weight excluding hydrogens is 757 g/mol. The Kier molecular flexibility index (Phi) is 19.7. The number of hydrogen-bond donors (Lipinski definition) is 15. The van der Waals surface area contributed by atoms with E-state index in [1.165, 1.54) is 24.3 Å². The monoisotopic (exact) mass is 804 g/mol. The van der Waals surface area contributed by atoms with Gasteiger partial charge in [-0.15, -0.1) is 0 Å². The molecular formula is C31H48N8O13S2. The second kappa shape index (κ2) is 22.5. The van der Waals surface area contributed by atoms with Crippen LogP contribution in [0.2, 0.25) is 0 Å². The Labute approximate surface area is 320 Å². The van der Waals surface area contributed by atoms with Crippen LogP contribution in [0.25, 0.3) is 0 Å². The van der Waals surface area contributed by atoms with Gasteiger partial charge in [0.15, 0.2) is 0 Å². The van der Waals surface area contributed by atoms with E-state index in [-0.39, 0.29) is 23.7 Å². The molecule has 54 heavy (non-hydrogen) atoms. The maximum atomic E-state index is 13.6. The zero-order valence-electron chi connectivity index (χ0n) is 29.5. The molecule has 7 amide bonds. The number of carbonyl (C=O) groups excluding carboxylic acids is 7. The van der Waals surface area contributed by atoms with Gasteiger partial charge in [-0.25, -0.2) is 4.79 Å². The maximum Gasteiger partial charge on any atom is 0.327 e. The van der Waals surface area contributed by atoms with Crippen molar-refractivity contribution in [3.05, 3.63) is 29.8 Å². The second-order valence-corrected chi connectivity index (χ2v) is 12.9. The predicted octanol–water partition coefficient (Wildman–Crippen LogP) is -5.87. The number of aliphatic hydroxyl groups excluding tert-OH is 3. The number of thiol groups is 2. The molecule has 0 aliphatic heterocycles. The van der Waals surface area contributed by atoms with Crippen molar-refractivity contribution in [2.75, 3.05) is 11.5 Å². The first-order valence-corrected chi connectivity index (χ1v) is 17.5. The summed E-state index contributed by atoms with van der Waals surface area (Å²) in [6.45, 7) is 3.36. The van der Waals surface area contributed by atoms with Crippen LogP contribution in [-0.2, 0) is 44.8 Å². The van der Waals surface area contributed by atoms with E-state index in [0.717, 1.165) is 20.8 Å². The second-order valence-electron chi connectivity index (χ2n) is 12.2. The topological polar surface area (TPSA) is 362 Å². The summed E-state index contributed by atoms with van der Waals surface area (Å²) < 4.78 is 0. The van der Waals surface area contributed by atoms with Gasteiger partial charge in [0.1, 0.15) is 42.0 Å². The Morgan fingerprint density at radius 2 is 1.00 bits per heavy atom. The standard InChI is InChI=1S/C31H48N8O13S2/c1-12(40)22(29(49)36-20(11-54)31(51)52)38-27(47)18(8-15-4-6-16(43)7-5-15)34-26(46)19(9-21(33)44)35-28(48)23(13(2)41)39-30(50)24(14(3)42)37-25(45)17(32)10-53/h4-7,12-14,17-20,22-24,40-43,53-54H,8-11,32H2,1-3H3,(H2,33,44)(H,34,46)(H,35,48)(H,36,49)(H,37,45)(H,38,47)(H,39,50)(H,51,52)/t12-,13-,14-,17+,18+,19+,20+,22+,23+,24+/m1/s1. The summed E-state index contributed by atoms with van der Waals surface area (Å²) in [5.41, 5.74) is 11.3. The molecule has 0 saturated heterocycles. The molecule has 302 valence electrons. The molecule has 0 aromatic heterocycles. The number of rotatable bonds is 22. The van der Waals surface area contributed by atoms with Crippen LogP contribution in [0, 0.1) is 0 Å². The van der Waals surface area contributed by atoms with Crippen LogP contribution < -0.4 is 43.4 Å². The number of primary amides is 1. The molecule has 23 heteroatoms. The fourth-order valence-electron chi connectivity index (χ4n) is 4.52. The van der Waals surface area contributed by atoms with Crippen LogP contribution in [0.15, 0.2) is 24.3 Å². The van der Waals surface area contributed by atoms with Gasteiger partial charge in [-0.2, -0.15) is 25.3 Å². The van der Waals surface area contributed by atoms with Crippen molar-refractivity contribution in [1.29, 1.82) is 0 Å². The smallest absolute Gasteiger partial charge is 0.327 e. The number of carbonyl (C=O) groups is 8. The minimum atomic E-state index is -1.86. The van der Waals surface area contributed by atoms with Gasteiger partial charge < -0.3 is 68.9 Å². The average Bonchev–Trinajstić information content (AvgIpc) is 3.09. The minimum Gasteiger partial charge on any atom is -0.508 e.